The van der Waals surface area contributed by atoms with Crippen LogP contribution in [-0.2, 0) is 0 Å². The van der Waals surface area contributed by atoms with Gasteiger partial charge in [-0.05, 0) is 46.5 Å². The Kier molecular flexibility index (Phi) is 5.17. The molecule has 0 spiro atoms. The molecule has 1 fully saturated rings. The first-order chi connectivity index (χ1) is 9.67. The lowest BCUT2D eigenvalue weighted by atomic mass is 9.99. The summed E-state index contributed by atoms with van der Waals surface area (Å²) in [5, 5.41) is 12.6. The number of hydrogen-bond acceptors (Lipinski definition) is 5. The summed E-state index contributed by atoms with van der Waals surface area (Å²) in [6, 6.07) is 0.399. The molecule has 1 aromatic heterocycles. The highest BCUT2D eigenvalue weighted by Crippen LogP contribution is 2.30. The van der Waals surface area contributed by atoms with Crippen molar-refractivity contribution in [3.63, 3.8) is 0 Å². The minimum absolute atomic E-state index is 0.240. The van der Waals surface area contributed by atoms with E-state index >= 15 is 0 Å². The van der Waals surface area contributed by atoms with E-state index in [-0.39, 0.29) is 6.61 Å². The Labute approximate surface area is 121 Å². The monoisotopic (exact) mass is 278 g/mol. The minimum Gasteiger partial charge on any atom is -0.396 e. The summed E-state index contributed by atoms with van der Waals surface area (Å²) in [5.41, 5.74) is 1.11. The van der Waals surface area contributed by atoms with Gasteiger partial charge in [0.05, 0.1) is 0 Å². The number of nitrogens with one attached hydrogen (secondary N) is 1. The van der Waals surface area contributed by atoms with Crippen molar-refractivity contribution in [3.8, 4) is 0 Å². The third-order valence-corrected chi connectivity index (χ3v) is 3.94. The molecule has 112 valence electrons. The highest BCUT2D eigenvalue weighted by Gasteiger charge is 2.25. The molecule has 1 atom stereocenters. The molecule has 1 saturated heterocycles. The summed E-state index contributed by atoms with van der Waals surface area (Å²) in [5.74, 6) is 2.77. The Morgan fingerprint density at radius 1 is 1.30 bits per heavy atom. The second-order valence-corrected chi connectivity index (χ2v) is 5.45. The van der Waals surface area contributed by atoms with E-state index < -0.39 is 0 Å². The third-order valence-electron chi connectivity index (χ3n) is 3.94. The molecule has 1 aliphatic heterocycles. The number of aliphatic hydroxyl groups excluding tert-OH is 1. The van der Waals surface area contributed by atoms with Crippen LogP contribution in [0.4, 0.5) is 11.6 Å². The number of anilines is 2. The SMILES string of the molecule is CCNc1nc(C)nc(N2CCCCC2CCO)c1C. The number of aryl methyl sites for hydroxylation is 1. The van der Waals surface area contributed by atoms with Crippen molar-refractivity contribution in [3.05, 3.63) is 11.4 Å². The van der Waals surface area contributed by atoms with E-state index in [4.69, 9.17) is 0 Å². The van der Waals surface area contributed by atoms with E-state index in [1.165, 1.54) is 12.8 Å². The van der Waals surface area contributed by atoms with E-state index in [9.17, 15) is 5.11 Å². The number of aromatic nitrogens is 2. The predicted octanol–water partition coefficient (Wildman–Crippen LogP) is 2.27. The van der Waals surface area contributed by atoms with Crippen LogP contribution in [0, 0.1) is 13.8 Å². The first-order valence-electron chi connectivity index (χ1n) is 7.64. The Balaban J connectivity index is 2.33. The van der Waals surface area contributed by atoms with Crippen molar-refractivity contribution in [2.45, 2.75) is 52.5 Å². The van der Waals surface area contributed by atoms with Crippen LogP contribution in [0.3, 0.4) is 0 Å². The van der Waals surface area contributed by atoms with Crippen LogP contribution >= 0.6 is 0 Å². The molecule has 2 heterocycles. The van der Waals surface area contributed by atoms with Crippen LogP contribution in [0.2, 0.25) is 0 Å². The summed E-state index contributed by atoms with van der Waals surface area (Å²) in [7, 11) is 0. The number of piperidine rings is 1. The first kappa shape index (κ1) is 15.0. The Hall–Kier alpha value is -1.36. The van der Waals surface area contributed by atoms with Crippen LogP contribution in [-0.4, -0.2) is 40.8 Å². The highest BCUT2D eigenvalue weighted by atomic mass is 16.3. The fourth-order valence-electron chi connectivity index (χ4n) is 2.96. The van der Waals surface area contributed by atoms with Gasteiger partial charge in [0.15, 0.2) is 0 Å². The van der Waals surface area contributed by atoms with Crippen molar-refractivity contribution < 1.29 is 5.11 Å². The molecular formula is C15H26N4O. The average Bonchev–Trinajstić information content (AvgIpc) is 2.44. The zero-order chi connectivity index (χ0) is 14.5. The van der Waals surface area contributed by atoms with E-state index in [1.807, 2.05) is 6.92 Å². The highest BCUT2D eigenvalue weighted by molar-refractivity contribution is 5.59. The normalized spacial score (nSPS) is 19.2. The summed E-state index contributed by atoms with van der Waals surface area (Å²) < 4.78 is 0. The average molecular weight is 278 g/mol. The van der Waals surface area contributed by atoms with Crippen LogP contribution in [0.5, 0.6) is 0 Å². The second kappa shape index (κ2) is 6.88. The van der Waals surface area contributed by atoms with Crippen molar-refractivity contribution in [2.75, 3.05) is 29.9 Å². The van der Waals surface area contributed by atoms with Crippen LogP contribution in [0.15, 0.2) is 0 Å². The molecule has 0 amide bonds. The minimum atomic E-state index is 0.240. The maximum absolute atomic E-state index is 9.27. The molecule has 20 heavy (non-hydrogen) atoms. The molecule has 1 unspecified atom stereocenters. The summed E-state index contributed by atoms with van der Waals surface area (Å²) in [6.45, 7) is 8.22. The van der Waals surface area contributed by atoms with Crippen molar-refractivity contribution in [1.82, 2.24) is 9.97 Å². The van der Waals surface area contributed by atoms with Gasteiger partial charge in [-0.3, -0.25) is 0 Å². The number of rotatable bonds is 5. The molecule has 0 bridgehead atoms. The molecule has 5 heteroatoms. The van der Waals surface area contributed by atoms with Crippen molar-refractivity contribution in [2.24, 2.45) is 0 Å². The number of nitrogens with zero attached hydrogens (tertiary/aromatic N) is 3. The van der Waals surface area contributed by atoms with Crippen molar-refractivity contribution >= 4 is 11.6 Å². The molecule has 5 nitrogen and oxygen atoms in total. The van der Waals surface area contributed by atoms with E-state index in [1.54, 1.807) is 0 Å². The van der Waals surface area contributed by atoms with Gasteiger partial charge in [0.1, 0.15) is 17.5 Å². The molecular weight excluding hydrogens is 252 g/mol. The van der Waals surface area contributed by atoms with Gasteiger partial charge in [-0.25, -0.2) is 9.97 Å². The largest absolute Gasteiger partial charge is 0.396 e. The topological polar surface area (TPSA) is 61.3 Å². The lowest BCUT2D eigenvalue weighted by Crippen LogP contribution is -2.41. The van der Waals surface area contributed by atoms with Gasteiger partial charge < -0.3 is 15.3 Å². The van der Waals surface area contributed by atoms with Crippen molar-refractivity contribution in [1.29, 1.82) is 0 Å². The standard InChI is InChI=1S/C15H26N4O/c1-4-16-14-11(2)15(18-12(3)17-14)19-9-6-5-7-13(19)8-10-20/h13,20H,4-10H2,1-3H3,(H,16,17,18). The third kappa shape index (κ3) is 3.20. The Morgan fingerprint density at radius 2 is 2.10 bits per heavy atom. The molecule has 2 N–H and O–H groups in total. The zero-order valence-electron chi connectivity index (χ0n) is 12.8. The lowest BCUT2D eigenvalue weighted by Gasteiger charge is -2.37. The second-order valence-electron chi connectivity index (χ2n) is 5.45. The smallest absolute Gasteiger partial charge is 0.137 e. The lowest BCUT2D eigenvalue weighted by molar-refractivity contribution is 0.262. The summed E-state index contributed by atoms with van der Waals surface area (Å²) in [6.07, 6.45) is 4.39. The number of hydrogen-bond donors (Lipinski definition) is 2. The fraction of sp³-hybridized carbons (Fsp3) is 0.733. The zero-order valence-corrected chi connectivity index (χ0v) is 12.8. The molecule has 1 aromatic rings. The maximum Gasteiger partial charge on any atom is 0.137 e. The summed E-state index contributed by atoms with van der Waals surface area (Å²) >= 11 is 0. The Morgan fingerprint density at radius 3 is 2.80 bits per heavy atom. The molecule has 0 radical (unpaired) electrons. The van der Waals surface area contributed by atoms with E-state index in [0.29, 0.717) is 6.04 Å². The van der Waals surface area contributed by atoms with Gasteiger partial charge >= 0.3 is 0 Å². The van der Waals surface area contributed by atoms with Crippen LogP contribution in [0.1, 0.15) is 44.0 Å². The summed E-state index contributed by atoms with van der Waals surface area (Å²) in [4.78, 5) is 11.5. The molecule has 0 aromatic carbocycles. The van der Waals surface area contributed by atoms with Gasteiger partial charge in [0.25, 0.3) is 0 Å². The fourth-order valence-corrected chi connectivity index (χ4v) is 2.96. The van der Waals surface area contributed by atoms with Gasteiger partial charge in [-0.15, -0.1) is 0 Å². The molecule has 0 aliphatic carbocycles. The Bertz CT molecular complexity index is 448. The van der Waals surface area contributed by atoms with Gasteiger partial charge in [0.2, 0.25) is 0 Å². The maximum atomic E-state index is 9.27. The van der Waals surface area contributed by atoms with Gasteiger partial charge in [0, 0.05) is 31.3 Å². The van der Waals surface area contributed by atoms with Gasteiger partial charge in [-0.1, -0.05) is 0 Å². The number of aliphatic hydroxyl groups is 1. The molecule has 0 saturated carbocycles. The van der Waals surface area contributed by atoms with Crippen LogP contribution < -0.4 is 10.2 Å². The quantitative estimate of drug-likeness (QED) is 0.865. The molecule has 1 aliphatic rings. The van der Waals surface area contributed by atoms with E-state index in [0.717, 1.165) is 49.0 Å². The first-order valence-corrected chi connectivity index (χ1v) is 7.64. The van der Waals surface area contributed by atoms with E-state index in [2.05, 4.69) is 34.0 Å². The van der Waals surface area contributed by atoms with Crippen LogP contribution in [0.25, 0.3) is 0 Å². The van der Waals surface area contributed by atoms with Gasteiger partial charge in [-0.2, -0.15) is 0 Å². The molecule has 2 rings (SSSR count). The predicted molar refractivity (Wildman–Crippen MR) is 82.4 cm³/mol.